The fourth-order valence-corrected chi connectivity index (χ4v) is 4.01. The van der Waals surface area contributed by atoms with E-state index in [9.17, 15) is 4.79 Å². The maximum Gasteiger partial charge on any atom is 0.277 e. The van der Waals surface area contributed by atoms with Crippen molar-refractivity contribution in [2.45, 2.75) is 18.6 Å². The van der Waals surface area contributed by atoms with E-state index in [0.29, 0.717) is 16.9 Å². The Bertz CT molecular complexity index is 829. The molecular weight excluding hydrogens is 396 g/mol. The first-order valence-electron chi connectivity index (χ1n) is 7.00. The lowest BCUT2D eigenvalue weighted by atomic mass is 10.2. The van der Waals surface area contributed by atoms with Crippen LogP contribution < -0.4 is 0 Å². The highest BCUT2D eigenvalue weighted by molar-refractivity contribution is 9.10. The smallest absolute Gasteiger partial charge is 0.277 e. The molecule has 0 atom stereocenters. The Kier molecular flexibility index (Phi) is 5.30. The summed E-state index contributed by atoms with van der Waals surface area (Å²) in [6, 6.07) is 11.5. The lowest BCUT2D eigenvalue weighted by Gasteiger charge is -1.97. The number of aryl methyl sites for hydroxylation is 1. The van der Waals surface area contributed by atoms with Gasteiger partial charge in [-0.15, -0.1) is 21.5 Å². The van der Waals surface area contributed by atoms with Crippen LogP contribution in [-0.4, -0.2) is 21.7 Å². The summed E-state index contributed by atoms with van der Waals surface area (Å²) in [5.41, 5.74) is 0.837. The summed E-state index contributed by atoms with van der Waals surface area (Å²) < 4.78 is 6.52. The average Bonchev–Trinajstić information content (AvgIpc) is 3.22. The number of halogens is 1. The molecule has 1 aromatic carbocycles. The molecule has 2 aromatic heterocycles. The molecule has 0 unspecified atom stereocenters. The molecule has 0 N–H and O–H groups in total. The van der Waals surface area contributed by atoms with Crippen LogP contribution in [0.15, 0.2) is 50.5 Å². The SMILES string of the molecule is CCc1ccc(C(=O)CSc2nnc(-c3ccccc3Br)o2)s1. The van der Waals surface area contributed by atoms with Crippen molar-refractivity contribution in [3.05, 3.63) is 50.6 Å². The quantitative estimate of drug-likeness (QED) is 0.419. The highest BCUT2D eigenvalue weighted by Gasteiger charge is 2.14. The van der Waals surface area contributed by atoms with Crippen LogP contribution in [0.1, 0.15) is 21.5 Å². The molecule has 3 rings (SSSR count). The largest absolute Gasteiger partial charge is 0.411 e. The summed E-state index contributed by atoms with van der Waals surface area (Å²) in [7, 11) is 0. The van der Waals surface area contributed by atoms with Gasteiger partial charge in [0.25, 0.3) is 5.22 Å². The molecule has 0 spiro atoms. The third-order valence-electron chi connectivity index (χ3n) is 3.12. The molecular formula is C16H13BrN2O2S2. The molecule has 0 fully saturated rings. The first-order valence-corrected chi connectivity index (χ1v) is 9.60. The molecule has 2 heterocycles. The Morgan fingerprint density at radius 1 is 1.26 bits per heavy atom. The Morgan fingerprint density at radius 2 is 2.09 bits per heavy atom. The second kappa shape index (κ2) is 7.42. The number of thioether (sulfide) groups is 1. The minimum absolute atomic E-state index is 0.0836. The van der Waals surface area contributed by atoms with Gasteiger partial charge >= 0.3 is 0 Å². The molecule has 7 heteroatoms. The molecule has 4 nitrogen and oxygen atoms in total. The van der Waals surface area contributed by atoms with E-state index in [-0.39, 0.29) is 5.78 Å². The van der Waals surface area contributed by atoms with Crippen LogP contribution in [0.4, 0.5) is 0 Å². The number of nitrogens with zero attached hydrogens (tertiary/aromatic N) is 2. The summed E-state index contributed by atoms with van der Waals surface area (Å²) in [5, 5.41) is 8.44. The van der Waals surface area contributed by atoms with E-state index in [0.717, 1.165) is 21.3 Å². The topological polar surface area (TPSA) is 56.0 Å². The highest BCUT2D eigenvalue weighted by Crippen LogP contribution is 2.29. The number of hydrogen-bond donors (Lipinski definition) is 0. The fraction of sp³-hybridized carbons (Fsp3) is 0.188. The van der Waals surface area contributed by atoms with Crippen molar-refractivity contribution in [3.63, 3.8) is 0 Å². The monoisotopic (exact) mass is 408 g/mol. The van der Waals surface area contributed by atoms with Crippen molar-refractivity contribution in [1.29, 1.82) is 0 Å². The van der Waals surface area contributed by atoms with Gasteiger partial charge in [-0.25, -0.2) is 0 Å². The van der Waals surface area contributed by atoms with E-state index < -0.39 is 0 Å². The van der Waals surface area contributed by atoms with E-state index in [1.165, 1.54) is 16.6 Å². The van der Waals surface area contributed by atoms with E-state index in [2.05, 4.69) is 33.1 Å². The van der Waals surface area contributed by atoms with Crippen LogP contribution >= 0.6 is 39.0 Å². The van der Waals surface area contributed by atoms with E-state index in [1.54, 1.807) is 11.3 Å². The van der Waals surface area contributed by atoms with Crippen molar-refractivity contribution in [1.82, 2.24) is 10.2 Å². The average molecular weight is 409 g/mol. The van der Waals surface area contributed by atoms with E-state index >= 15 is 0 Å². The third kappa shape index (κ3) is 3.91. The summed E-state index contributed by atoms with van der Waals surface area (Å²) in [6.07, 6.45) is 0.948. The maximum atomic E-state index is 12.2. The summed E-state index contributed by atoms with van der Waals surface area (Å²) >= 11 is 6.26. The van der Waals surface area contributed by atoms with Gasteiger partial charge in [-0.05, 0) is 46.6 Å². The Morgan fingerprint density at radius 3 is 2.83 bits per heavy atom. The second-order valence-corrected chi connectivity index (χ2v) is 7.63. The first kappa shape index (κ1) is 16.4. The van der Waals surface area contributed by atoms with E-state index in [4.69, 9.17) is 4.42 Å². The number of aromatic nitrogens is 2. The van der Waals surface area contributed by atoms with Gasteiger partial charge in [0, 0.05) is 9.35 Å². The molecule has 0 aliphatic carbocycles. The van der Waals surface area contributed by atoms with Crippen LogP contribution in [-0.2, 0) is 6.42 Å². The summed E-state index contributed by atoms with van der Waals surface area (Å²) in [5.74, 6) is 0.818. The van der Waals surface area contributed by atoms with Gasteiger partial charge in [-0.1, -0.05) is 30.8 Å². The zero-order valence-electron chi connectivity index (χ0n) is 12.3. The fourth-order valence-electron chi connectivity index (χ4n) is 1.93. The number of benzene rings is 1. The number of Topliss-reactive ketones (excluding diaryl/α,β-unsaturated/α-hetero) is 1. The van der Waals surface area contributed by atoms with Crippen LogP contribution in [0.25, 0.3) is 11.5 Å². The zero-order valence-corrected chi connectivity index (χ0v) is 15.5. The molecule has 0 radical (unpaired) electrons. The van der Waals surface area contributed by atoms with Crippen molar-refractivity contribution >= 4 is 44.8 Å². The van der Waals surface area contributed by atoms with Gasteiger partial charge in [0.2, 0.25) is 5.89 Å². The number of hydrogen-bond acceptors (Lipinski definition) is 6. The molecule has 0 saturated carbocycles. The standard InChI is InChI=1S/C16H13BrN2O2S2/c1-2-10-7-8-14(23-10)13(20)9-22-16-19-18-15(21-16)11-5-3-4-6-12(11)17/h3-8H,2,9H2,1H3. The highest BCUT2D eigenvalue weighted by atomic mass is 79.9. The van der Waals surface area contributed by atoms with Crippen LogP contribution in [0, 0.1) is 0 Å². The lowest BCUT2D eigenvalue weighted by molar-refractivity contribution is 0.102. The lowest BCUT2D eigenvalue weighted by Crippen LogP contribution is -1.99. The number of thiophene rings is 1. The van der Waals surface area contributed by atoms with Crippen molar-refractivity contribution in [3.8, 4) is 11.5 Å². The van der Waals surface area contributed by atoms with Gasteiger partial charge in [-0.3, -0.25) is 4.79 Å². The molecule has 23 heavy (non-hydrogen) atoms. The first-order chi connectivity index (χ1) is 11.2. The second-order valence-electron chi connectivity index (χ2n) is 4.68. The molecule has 3 aromatic rings. The Balaban J connectivity index is 1.65. The van der Waals surface area contributed by atoms with Crippen LogP contribution in [0.3, 0.4) is 0 Å². The van der Waals surface area contributed by atoms with Gasteiger partial charge in [0.15, 0.2) is 5.78 Å². The molecule has 118 valence electrons. The van der Waals surface area contributed by atoms with Crippen molar-refractivity contribution in [2.75, 3.05) is 5.75 Å². The molecule has 0 bridgehead atoms. The normalized spacial score (nSPS) is 10.9. The number of carbonyl (C=O) groups excluding carboxylic acids is 1. The Labute approximate surface area is 150 Å². The summed E-state index contributed by atoms with van der Waals surface area (Å²) in [6.45, 7) is 2.08. The maximum absolute atomic E-state index is 12.2. The van der Waals surface area contributed by atoms with Crippen molar-refractivity contribution in [2.24, 2.45) is 0 Å². The van der Waals surface area contributed by atoms with Gasteiger partial charge in [0.1, 0.15) is 0 Å². The van der Waals surface area contributed by atoms with E-state index in [1.807, 2.05) is 36.4 Å². The molecule has 0 aliphatic heterocycles. The minimum Gasteiger partial charge on any atom is -0.411 e. The molecule has 0 amide bonds. The van der Waals surface area contributed by atoms with Gasteiger partial charge in [-0.2, -0.15) is 0 Å². The number of ketones is 1. The zero-order chi connectivity index (χ0) is 16.2. The predicted octanol–water partition coefficient (Wildman–Crippen LogP) is 5.10. The summed E-state index contributed by atoms with van der Waals surface area (Å²) in [4.78, 5) is 14.2. The van der Waals surface area contributed by atoms with Crippen molar-refractivity contribution < 1.29 is 9.21 Å². The minimum atomic E-state index is 0.0836. The Hall–Kier alpha value is -1.44. The van der Waals surface area contributed by atoms with Gasteiger partial charge in [0.05, 0.1) is 16.2 Å². The predicted molar refractivity (Wildman–Crippen MR) is 96.2 cm³/mol. The molecule has 0 aliphatic rings. The molecule has 0 saturated heterocycles. The number of rotatable bonds is 6. The number of carbonyl (C=O) groups is 1. The van der Waals surface area contributed by atoms with Gasteiger partial charge < -0.3 is 4.42 Å². The van der Waals surface area contributed by atoms with Crippen LogP contribution in [0.2, 0.25) is 0 Å². The third-order valence-corrected chi connectivity index (χ3v) is 5.90. The van der Waals surface area contributed by atoms with Crippen LogP contribution in [0.5, 0.6) is 0 Å².